The number of carbonyl (C=O) groups is 2. The number of rotatable bonds is 15. The van der Waals surface area contributed by atoms with Gasteiger partial charge in [-0.3, -0.25) is 9.59 Å². The first-order chi connectivity index (χ1) is 11.1. The predicted octanol–water partition coefficient (Wildman–Crippen LogP) is 4.83. The molecule has 0 bridgehead atoms. The number of unbranched alkanes of at least 4 members (excludes halogenated alkanes) is 11. The van der Waals surface area contributed by atoms with Gasteiger partial charge in [0, 0.05) is 0 Å². The Hall–Kier alpha value is -1.32. The molecule has 4 nitrogen and oxygen atoms in total. The maximum atomic E-state index is 11.4. The number of carboxylic acids is 1. The molecule has 0 aromatic carbocycles. The van der Waals surface area contributed by atoms with Crippen molar-refractivity contribution >= 4 is 11.9 Å². The molecule has 0 radical (unpaired) electrons. The SMILES string of the molecule is CCCCCCCCCCCCCC=CC(=O)NC(C)C(=O)O. The third-order valence-corrected chi connectivity index (χ3v) is 3.97. The molecule has 0 rings (SSSR count). The molecule has 0 heterocycles. The predicted molar refractivity (Wildman–Crippen MR) is 95.5 cm³/mol. The summed E-state index contributed by atoms with van der Waals surface area (Å²) in [6, 6.07) is -0.839. The van der Waals surface area contributed by atoms with Gasteiger partial charge < -0.3 is 10.4 Å². The van der Waals surface area contributed by atoms with Crippen LogP contribution in [0.1, 0.15) is 90.9 Å². The van der Waals surface area contributed by atoms with Crippen molar-refractivity contribution in [3.05, 3.63) is 12.2 Å². The minimum Gasteiger partial charge on any atom is -0.480 e. The van der Waals surface area contributed by atoms with Gasteiger partial charge in [0.2, 0.25) is 5.91 Å². The number of nitrogens with one attached hydrogen (secondary N) is 1. The van der Waals surface area contributed by atoms with E-state index in [2.05, 4.69) is 12.2 Å². The second-order valence-corrected chi connectivity index (χ2v) is 6.30. The van der Waals surface area contributed by atoms with Crippen molar-refractivity contribution in [1.29, 1.82) is 0 Å². The molecule has 0 aromatic heterocycles. The Labute approximate surface area is 141 Å². The van der Waals surface area contributed by atoms with E-state index in [-0.39, 0.29) is 5.91 Å². The highest BCUT2D eigenvalue weighted by Crippen LogP contribution is 2.11. The molecule has 134 valence electrons. The van der Waals surface area contributed by atoms with E-state index < -0.39 is 12.0 Å². The van der Waals surface area contributed by atoms with E-state index in [9.17, 15) is 9.59 Å². The molecule has 0 aliphatic heterocycles. The summed E-state index contributed by atoms with van der Waals surface area (Å²) in [7, 11) is 0. The molecule has 1 amide bonds. The van der Waals surface area contributed by atoms with Gasteiger partial charge in [-0.25, -0.2) is 0 Å². The number of allylic oxidation sites excluding steroid dienone is 1. The van der Waals surface area contributed by atoms with Crippen LogP contribution in [0.15, 0.2) is 12.2 Å². The van der Waals surface area contributed by atoms with E-state index in [0.717, 1.165) is 12.8 Å². The molecule has 2 N–H and O–H groups in total. The average Bonchev–Trinajstić information content (AvgIpc) is 2.51. The van der Waals surface area contributed by atoms with Gasteiger partial charge in [0.15, 0.2) is 0 Å². The van der Waals surface area contributed by atoms with E-state index >= 15 is 0 Å². The third kappa shape index (κ3) is 15.4. The molecule has 0 aliphatic rings. The largest absolute Gasteiger partial charge is 0.480 e. The van der Waals surface area contributed by atoms with Crippen molar-refractivity contribution in [2.75, 3.05) is 0 Å². The van der Waals surface area contributed by atoms with Crippen LogP contribution >= 0.6 is 0 Å². The fourth-order valence-corrected chi connectivity index (χ4v) is 2.44. The van der Waals surface area contributed by atoms with Gasteiger partial charge in [0.1, 0.15) is 6.04 Å². The first-order valence-corrected chi connectivity index (χ1v) is 9.27. The summed E-state index contributed by atoms with van der Waals surface area (Å²) in [5, 5.41) is 11.1. The van der Waals surface area contributed by atoms with Gasteiger partial charge in [0.25, 0.3) is 0 Å². The fourth-order valence-electron chi connectivity index (χ4n) is 2.44. The van der Waals surface area contributed by atoms with E-state index in [1.165, 1.54) is 77.2 Å². The van der Waals surface area contributed by atoms with E-state index in [4.69, 9.17) is 5.11 Å². The molecule has 1 unspecified atom stereocenters. The van der Waals surface area contributed by atoms with Gasteiger partial charge in [-0.2, -0.15) is 0 Å². The van der Waals surface area contributed by atoms with Crippen LogP contribution in [-0.2, 0) is 9.59 Å². The molecule has 4 heteroatoms. The highest BCUT2D eigenvalue weighted by atomic mass is 16.4. The topological polar surface area (TPSA) is 66.4 Å². The highest BCUT2D eigenvalue weighted by Gasteiger charge is 2.11. The van der Waals surface area contributed by atoms with Gasteiger partial charge in [-0.15, -0.1) is 0 Å². The fraction of sp³-hybridized carbons (Fsp3) is 0.789. The number of hydrogen-bond acceptors (Lipinski definition) is 2. The third-order valence-electron chi connectivity index (χ3n) is 3.97. The van der Waals surface area contributed by atoms with Gasteiger partial charge in [-0.1, -0.05) is 77.2 Å². The van der Waals surface area contributed by atoms with Gasteiger partial charge in [0.05, 0.1) is 0 Å². The molecule has 0 spiro atoms. The summed E-state index contributed by atoms with van der Waals surface area (Å²) in [6.07, 6.45) is 18.6. The van der Waals surface area contributed by atoms with E-state index in [1.807, 2.05) is 6.08 Å². The Morgan fingerprint density at radius 1 is 0.913 bits per heavy atom. The molecular formula is C19H35NO3. The Balaban J connectivity index is 3.34. The van der Waals surface area contributed by atoms with Crippen molar-refractivity contribution < 1.29 is 14.7 Å². The number of aliphatic carboxylic acids is 1. The van der Waals surface area contributed by atoms with Crippen molar-refractivity contribution in [3.8, 4) is 0 Å². The Bertz CT molecular complexity index is 340. The summed E-state index contributed by atoms with van der Waals surface area (Å²) in [5.74, 6) is -1.35. The Kier molecular flexibility index (Phi) is 14.7. The van der Waals surface area contributed by atoms with Crippen LogP contribution in [0.25, 0.3) is 0 Å². The van der Waals surface area contributed by atoms with Crippen LogP contribution in [0.2, 0.25) is 0 Å². The van der Waals surface area contributed by atoms with E-state index in [1.54, 1.807) is 0 Å². The first-order valence-electron chi connectivity index (χ1n) is 9.27. The zero-order chi connectivity index (χ0) is 17.3. The van der Waals surface area contributed by atoms with Crippen molar-refractivity contribution in [2.45, 2.75) is 96.9 Å². The lowest BCUT2D eigenvalue weighted by Gasteiger charge is -2.05. The standard InChI is InChI=1S/C19H35NO3/c1-3-4-5-6-7-8-9-10-11-12-13-14-15-16-18(21)20-17(2)19(22)23/h15-17H,3-14H2,1-2H3,(H,20,21)(H,22,23). The van der Waals surface area contributed by atoms with Crippen LogP contribution < -0.4 is 5.32 Å². The summed E-state index contributed by atoms with van der Waals surface area (Å²) < 4.78 is 0. The van der Waals surface area contributed by atoms with E-state index in [0.29, 0.717) is 0 Å². The average molecular weight is 325 g/mol. The zero-order valence-corrected chi connectivity index (χ0v) is 15.0. The molecule has 0 aromatic rings. The normalized spacial score (nSPS) is 12.4. The van der Waals surface area contributed by atoms with Crippen LogP contribution in [-0.4, -0.2) is 23.0 Å². The summed E-state index contributed by atoms with van der Waals surface area (Å²) in [6.45, 7) is 3.70. The van der Waals surface area contributed by atoms with Crippen LogP contribution in [0.5, 0.6) is 0 Å². The van der Waals surface area contributed by atoms with Gasteiger partial charge in [-0.05, 0) is 25.8 Å². The van der Waals surface area contributed by atoms with Crippen LogP contribution in [0, 0.1) is 0 Å². The number of carbonyl (C=O) groups excluding carboxylic acids is 1. The number of hydrogen-bond donors (Lipinski definition) is 2. The minimum absolute atomic E-state index is 0.331. The maximum absolute atomic E-state index is 11.4. The second kappa shape index (κ2) is 15.6. The Morgan fingerprint density at radius 3 is 1.87 bits per heavy atom. The highest BCUT2D eigenvalue weighted by molar-refractivity contribution is 5.90. The number of carboxylic acid groups (broad SMARTS) is 1. The summed E-state index contributed by atoms with van der Waals surface area (Å²) in [5.41, 5.74) is 0. The molecule has 23 heavy (non-hydrogen) atoms. The lowest BCUT2D eigenvalue weighted by Crippen LogP contribution is -2.37. The molecule has 0 fully saturated rings. The minimum atomic E-state index is -1.02. The van der Waals surface area contributed by atoms with Gasteiger partial charge >= 0.3 is 5.97 Å². The second-order valence-electron chi connectivity index (χ2n) is 6.30. The molecule has 0 aliphatic carbocycles. The molecular weight excluding hydrogens is 290 g/mol. The van der Waals surface area contributed by atoms with Crippen molar-refractivity contribution in [2.24, 2.45) is 0 Å². The Morgan fingerprint density at radius 2 is 1.39 bits per heavy atom. The first kappa shape index (κ1) is 21.7. The van der Waals surface area contributed by atoms with Crippen LogP contribution in [0.4, 0.5) is 0 Å². The molecule has 0 saturated heterocycles. The van der Waals surface area contributed by atoms with Crippen molar-refractivity contribution in [1.82, 2.24) is 5.32 Å². The van der Waals surface area contributed by atoms with Crippen molar-refractivity contribution in [3.63, 3.8) is 0 Å². The smallest absolute Gasteiger partial charge is 0.325 e. The van der Waals surface area contributed by atoms with Crippen LogP contribution in [0.3, 0.4) is 0 Å². The number of amides is 1. The maximum Gasteiger partial charge on any atom is 0.325 e. The molecule has 0 saturated carbocycles. The lowest BCUT2D eigenvalue weighted by molar-refractivity contribution is -0.140. The monoisotopic (exact) mass is 325 g/mol. The molecule has 1 atom stereocenters. The zero-order valence-electron chi connectivity index (χ0n) is 15.0. The summed E-state index contributed by atoms with van der Waals surface area (Å²) >= 11 is 0. The summed E-state index contributed by atoms with van der Waals surface area (Å²) in [4.78, 5) is 22.0. The quantitative estimate of drug-likeness (QED) is 0.335. The lowest BCUT2D eigenvalue weighted by atomic mass is 10.1.